The molecule has 0 aliphatic carbocycles. The van der Waals surface area contributed by atoms with Crippen LogP contribution in [0.4, 0.5) is 11.4 Å². The molecule has 31 heavy (non-hydrogen) atoms. The van der Waals surface area contributed by atoms with Crippen LogP contribution in [0.3, 0.4) is 0 Å². The molecular weight excluding hydrogens is 374 g/mol. The van der Waals surface area contributed by atoms with Crippen molar-refractivity contribution in [2.75, 3.05) is 4.90 Å². The van der Waals surface area contributed by atoms with Crippen LogP contribution in [0.25, 0.3) is 16.7 Å². The Hall–Kier alpha value is -2.80. The molecule has 3 rings (SSSR count). The lowest BCUT2D eigenvalue weighted by Crippen LogP contribution is -2.37. The Morgan fingerprint density at radius 1 is 0.839 bits per heavy atom. The highest BCUT2D eigenvalue weighted by Gasteiger charge is 2.24. The third kappa shape index (κ3) is 5.28. The van der Waals surface area contributed by atoms with E-state index in [1.807, 2.05) is 0 Å². The first-order valence-corrected chi connectivity index (χ1v) is 11.5. The molecule has 0 bridgehead atoms. The Morgan fingerprint density at radius 2 is 1.39 bits per heavy atom. The summed E-state index contributed by atoms with van der Waals surface area (Å²) in [6, 6.07) is 24.8. The van der Waals surface area contributed by atoms with Crippen molar-refractivity contribution in [3.63, 3.8) is 0 Å². The predicted octanol–water partition coefficient (Wildman–Crippen LogP) is 8.97. The van der Waals surface area contributed by atoms with E-state index in [0.29, 0.717) is 0 Å². The summed E-state index contributed by atoms with van der Waals surface area (Å²) in [7, 11) is 0. The molecule has 0 aliphatic rings. The molecule has 0 spiro atoms. The summed E-state index contributed by atoms with van der Waals surface area (Å²) in [4.78, 5) is 2.43. The number of nitrogens with zero attached hydrogens (tertiary/aromatic N) is 1. The van der Waals surface area contributed by atoms with Crippen LogP contribution in [0.1, 0.15) is 64.7 Å². The fourth-order valence-corrected chi connectivity index (χ4v) is 4.26. The van der Waals surface area contributed by atoms with Crippen molar-refractivity contribution in [3.05, 3.63) is 89.5 Å². The second-order valence-electron chi connectivity index (χ2n) is 9.47. The van der Waals surface area contributed by atoms with E-state index in [-0.39, 0.29) is 5.54 Å². The molecule has 1 nitrogen and oxygen atoms in total. The summed E-state index contributed by atoms with van der Waals surface area (Å²) in [5, 5.41) is 0. The normalized spacial score (nSPS) is 12.2. The summed E-state index contributed by atoms with van der Waals surface area (Å²) in [6.45, 7) is 15.5. The molecule has 0 heterocycles. The number of hydrogen-bond donors (Lipinski definition) is 0. The van der Waals surface area contributed by atoms with Crippen LogP contribution < -0.4 is 4.90 Å². The lowest BCUT2D eigenvalue weighted by Gasteiger charge is -2.38. The molecule has 1 heteroatoms. The molecule has 162 valence electrons. The number of anilines is 2. The zero-order valence-corrected chi connectivity index (χ0v) is 20.3. The third-order valence-corrected chi connectivity index (χ3v) is 5.95. The number of hydrogen-bond acceptors (Lipinski definition) is 1. The van der Waals surface area contributed by atoms with Gasteiger partial charge < -0.3 is 4.90 Å². The number of rotatable bonds is 6. The quantitative estimate of drug-likeness (QED) is 0.391. The molecule has 0 aromatic heterocycles. The summed E-state index contributed by atoms with van der Waals surface area (Å²) in [5.74, 6) is 0. The monoisotopic (exact) mass is 411 g/mol. The predicted molar refractivity (Wildman–Crippen MR) is 138 cm³/mol. The highest BCUT2D eigenvalue weighted by molar-refractivity contribution is 5.74. The lowest BCUT2D eigenvalue weighted by molar-refractivity contribution is 0.560. The summed E-state index contributed by atoms with van der Waals surface area (Å²) < 4.78 is 0. The van der Waals surface area contributed by atoms with Gasteiger partial charge in [-0.25, -0.2) is 0 Å². The molecule has 0 saturated heterocycles. The van der Waals surface area contributed by atoms with Gasteiger partial charge in [0.2, 0.25) is 0 Å². The van der Waals surface area contributed by atoms with Gasteiger partial charge in [0.05, 0.1) is 0 Å². The molecule has 0 amide bonds. The van der Waals surface area contributed by atoms with Crippen molar-refractivity contribution in [2.24, 2.45) is 0 Å². The summed E-state index contributed by atoms with van der Waals surface area (Å²) >= 11 is 0. The van der Waals surface area contributed by atoms with Gasteiger partial charge in [0.1, 0.15) is 0 Å². The average molecular weight is 412 g/mol. The van der Waals surface area contributed by atoms with Crippen LogP contribution >= 0.6 is 0 Å². The minimum absolute atomic E-state index is 0.0348. The van der Waals surface area contributed by atoms with Crippen LogP contribution in [0.5, 0.6) is 0 Å². The molecule has 0 atom stereocenters. The van der Waals surface area contributed by atoms with E-state index in [4.69, 9.17) is 0 Å². The molecule has 3 aromatic carbocycles. The Kier molecular flexibility index (Phi) is 7.05. The van der Waals surface area contributed by atoms with Gasteiger partial charge in [0.15, 0.2) is 0 Å². The van der Waals surface area contributed by atoms with Gasteiger partial charge in [-0.05, 0) is 106 Å². The first-order valence-electron chi connectivity index (χ1n) is 11.5. The fraction of sp³-hybridized carbons (Fsp3) is 0.333. The number of benzene rings is 3. The third-order valence-electron chi connectivity index (χ3n) is 5.95. The zero-order chi connectivity index (χ0) is 22.6. The van der Waals surface area contributed by atoms with Crippen LogP contribution in [-0.4, -0.2) is 5.54 Å². The lowest BCUT2D eigenvalue weighted by atomic mass is 9.97. The molecule has 0 unspecified atom stereocenters. The number of allylic oxidation sites excluding steroid dienone is 2. The Labute approximate surface area is 189 Å². The molecule has 3 aromatic rings. The van der Waals surface area contributed by atoms with Crippen molar-refractivity contribution >= 4 is 16.9 Å². The second kappa shape index (κ2) is 9.56. The molecule has 0 aliphatic heterocycles. The van der Waals surface area contributed by atoms with E-state index in [0.717, 1.165) is 6.42 Å². The van der Waals surface area contributed by atoms with Crippen molar-refractivity contribution in [2.45, 2.75) is 66.8 Å². The van der Waals surface area contributed by atoms with Crippen LogP contribution in [0.15, 0.2) is 72.8 Å². The van der Waals surface area contributed by atoms with Crippen molar-refractivity contribution in [1.82, 2.24) is 0 Å². The zero-order valence-electron chi connectivity index (χ0n) is 20.3. The van der Waals surface area contributed by atoms with E-state index >= 15 is 0 Å². The molecule has 0 saturated carbocycles. The van der Waals surface area contributed by atoms with Gasteiger partial charge in [-0.15, -0.1) is 0 Å². The van der Waals surface area contributed by atoms with Crippen molar-refractivity contribution in [3.8, 4) is 11.1 Å². The smallest absolute Gasteiger partial charge is 0.0419 e. The maximum atomic E-state index is 2.43. The fourth-order valence-electron chi connectivity index (χ4n) is 4.26. The molecule has 0 N–H and O–H groups in total. The minimum Gasteiger partial charge on any atom is -0.336 e. The maximum absolute atomic E-state index is 2.43. The first kappa shape index (κ1) is 22.9. The van der Waals surface area contributed by atoms with Crippen LogP contribution in [-0.2, 0) is 6.42 Å². The topological polar surface area (TPSA) is 3.24 Å². The summed E-state index contributed by atoms with van der Waals surface area (Å²) in [5.41, 5.74) is 10.3. The minimum atomic E-state index is -0.0348. The van der Waals surface area contributed by atoms with Crippen LogP contribution in [0.2, 0.25) is 0 Å². The van der Waals surface area contributed by atoms with Crippen molar-refractivity contribution in [1.29, 1.82) is 0 Å². The Balaban J connectivity index is 1.94. The Bertz CT molecular complexity index is 1030. The SMILES string of the molecule is C/C=C(\C)c1ccc(N(c2ccc(-c3ccc(CCC)cc3)cc2)C(C)(C)C)cc1C. The van der Waals surface area contributed by atoms with Crippen LogP contribution in [0, 0.1) is 6.92 Å². The molecule has 0 radical (unpaired) electrons. The largest absolute Gasteiger partial charge is 0.336 e. The average Bonchev–Trinajstić information content (AvgIpc) is 2.74. The van der Waals surface area contributed by atoms with E-state index < -0.39 is 0 Å². The van der Waals surface area contributed by atoms with Gasteiger partial charge in [-0.1, -0.05) is 61.9 Å². The van der Waals surface area contributed by atoms with Gasteiger partial charge >= 0.3 is 0 Å². The Morgan fingerprint density at radius 3 is 1.87 bits per heavy atom. The standard InChI is InChI=1S/C30H37N/c1-8-10-24-11-13-25(14-12-24)26-15-17-27(18-16-26)31(30(5,6)7)28-19-20-29(22(3)9-2)23(4)21-28/h9,11-21H,8,10H2,1-7H3/b22-9+. The maximum Gasteiger partial charge on any atom is 0.0419 e. The highest BCUT2D eigenvalue weighted by atomic mass is 15.2. The van der Waals surface area contributed by atoms with E-state index in [1.165, 1.54) is 51.2 Å². The highest BCUT2D eigenvalue weighted by Crippen LogP contribution is 2.36. The van der Waals surface area contributed by atoms with Gasteiger partial charge in [0.25, 0.3) is 0 Å². The first-order chi connectivity index (χ1) is 14.7. The van der Waals surface area contributed by atoms with E-state index in [1.54, 1.807) is 0 Å². The van der Waals surface area contributed by atoms with Crippen molar-refractivity contribution < 1.29 is 0 Å². The van der Waals surface area contributed by atoms with E-state index in [9.17, 15) is 0 Å². The summed E-state index contributed by atoms with van der Waals surface area (Å²) in [6.07, 6.45) is 4.51. The van der Waals surface area contributed by atoms with Gasteiger partial charge in [-0.2, -0.15) is 0 Å². The number of aryl methyl sites for hydroxylation is 2. The van der Waals surface area contributed by atoms with Gasteiger partial charge in [-0.3, -0.25) is 0 Å². The van der Waals surface area contributed by atoms with Gasteiger partial charge in [0, 0.05) is 16.9 Å². The molecule has 0 fully saturated rings. The van der Waals surface area contributed by atoms with E-state index in [2.05, 4.69) is 126 Å². The second-order valence-corrected chi connectivity index (χ2v) is 9.47. The molecular formula is C30H37N.